The van der Waals surface area contributed by atoms with Crippen molar-refractivity contribution < 1.29 is 9.00 Å². The van der Waals surface area contributed by atoms with Crippen LogP contribution in [0.15, 0.2) is 41.3 Å². The van der Waals surface area contributed by atoms with Gasteiger partial charge in [0.25, 0.3) is 0 Å². The molecule has 2 rings (SSSR count). The summed E-state index contributed by atoms with van der Waals surface area (Å²) in [5.74, 6) is -0.0925. The van der Waals surface area contributed by atoms with Gasteiger partial charge in [0, 0.05) is 15.5 Å². The van der Waals surface area contributed by atoms with Crippen molar-refractivity contribution in [3.63, 3.8) is 0 Å². The van der Waals surface area contributed by atoms with Crippen LogP contribution in [-0.4, -0.2) is 15.7 Å². The number of ketones is 1. The van der Waals surface area contributed by atoms with Gasteiger partial charge >= 0.3 is 0 Å². The molecule has 0 aliphatic heterocycles. The van der Waals surface area contributed by atoms with Gasteiger partial charge in [0.2, 0.25) is 0 Å². The van der Waals surface area contributed by atoms with Crippen LogP contribution in [-0.2, 0) is 10.8 Å². The molecule has 0 aliphatic carbocycles. The Morgan fingerprint density at radius 2 is 1.57 bits per heavy atom. The number of hydrogen-bond acceptors (Lipinski definition) is 2. The summed E-state index contributed by atoms with van der Waals surface area (Å²) in [6.07, 6.45) is 0. The van der Waals surface area contributed by atoms with Crippen LogP contribution in [0.2, 0.25) is 5.02 Å². The van der Waals surface area contributed by atoms with Crippen molar-refractivity contribution in [2.45, 2.75) is 25.7 Å². The van der Waals surface area contributed by atoms with Crippen LogP contribution >= 0.6 is 11.6 Å². The third-order valence-corrected chi connectivity index (χ3v) is 4.87. The molecule has 21 heavy (non-hydrogen) atoms. The van der Waals surface area contributed by atoms with Crippen molar-refractivity contribution in [3.05, 3.63) is 63.7 Å². The minimum atomic E-state index is -1.35. The molecule has 1 unspecified atom stereocenters. The largest absolute Gasteiger partial charge is 0.293 e. The summed E-state index contributed by atoms with van der Waals surface area (Å²) in [4.78, 5) is 13.0. The number of rotatable bonds is 4. The standard InChI is InChI=1S/C17H17ClO2S/c1-11-8-12(2)17(13(3)9-11)16(19)10-21(20)15-6-4-14(18)5-7-15/h4-9H,10H2,1-3H3. The normalized spacial score (nSPS) is 12.2. The summed E-state index contributed by atoms with van der Waals surface area (Å²) in [6.45, 7) is 5.83. The number of Topliss-reactive ketones (excluding diaryl/α,β-unsaturated/α-hetero) is 1. The Bertz CT molecular complexity index is 682. The summed E-state index contributed by atoms with van der Waals surface area (Å²) in [5, 5.41) is 0.590. The topological polar surface area (TPSA) is 34.1 Å². The maximum Gasteiger partial charge on any atom is 0.176 e. The van der Waals surface area contributed by atoms with Crippen molar-refractivity contribution in [2.24, 2.45) is 0 Å². The fraction of sp³-hybridized carbons (Fsp3) is 0.235. The molecule has 0 saturated heterocycles. The quantitative estimate of drug-likeness (QED) is 0.789. The molecule has 4 heteroatoms. The molecule has 2 aromatic rings. The van der Waals surface area contributed by atoms with E-state index in [2.05, 4.69) is 0 Å². The number of carbonyl (C=O) groups excluding carboxylic acids is 1. The van der Waals surface area contributed by atoms with Gasteiger partial charge in [-0.2, -0.15) is 0 Å². The second kappa shape index (κ2) is 6.54. The van der Waals surface area contributed by atoms with Crippen LogP contribution in [0.1, 0.15) is 27.0 Å². The molecule has 0 saturated carbocycles. The van der Waals surface area contributed by atoms with Crippen molar-refractivity contribution in [2.75, 3.05) is 5.75 Å². The molecule has 2 aromatic carbocycles. The molecule has 0 heterocycles. The van der Waals surface area contributed by atoms with Crippen LogP contribution in [0, 0.1) is 20.8 Å². The summed E-state index contributed by atoms with van der Waals surface area (Å²) >= 11 is 5.81. The van der Waals surface area contributed by atoms with Crippen molar-refractivity contribution in [1.29, 1.82) is 0 Å². The molecule has 0 N–H and O–H groups in total. The highest BCUT2D eigenvalue weighted by Gasteiger charge is 2.16. The minimum Gasteiger partial charge on any atom is -0.293 e. The average Bonchev–Trinajstić information content (AvgIpc) is 2.37. The van der Waals surface area contributed by atoms with Gasteiger partial charge in [-0.05, 0) is 56.2 Å². The fourth-order valence-electron chi connectivity index (χ4n) is 2.48. The smallest absolute Gasteiger partial charge is 0.176 e. The third-order valence-electron chi connectivity index (χ3n) is 3.29. The van der Waals surface area contributed by atoms with E-state index in [-0.39, 0.29) is 11.5 Å². The molecule has 110 valence electrons. The van der Waals surface area contributed by atoms with E-state index in [1.54, 1.807) is 24.3 Å². The Hall–Kier alpha value is -1.45. The molecule has 1 atom stereocenters. The monoisotopic (exact) mass is 320 g/mol. The van der Waals surface area contributed by atoms with E-state index in [9.17, 15) is 9.00 Å². The fourth-order valence-corrected chi connectivity index (χ4v) is 3.60. The zero-order valence-corrected chi connectivity index (χ0v) is 13.8. The highest BCUT2D eigenvalue weighted by atomic mass is 35.5. The van der Waals surface area contributed by atoms with E-state index in [4.69, 9.17) is 11.6 Å². The van der Waals surface area contributed by atoms with Crippen LogP contribution < -0.4 is 0 Å². The lowest BCUT2D eigenvalue weighted by atomic mass is 9.97. The lowest BCUT2D eigenvalue weighted by Crippen LogP contribution is -2.14. The van der Waals surface area contributed by atoms with Gasteiger partial charge in [0.05, 0.1) is 16.6 Å². The predicted octanol–water partition coefficient (Wildman–Crippen LogP) is 4.26. The Labute approximate surface area is 132 Å². The number of halogens is 1. The lowest BCUT2D eigenvalue weighted by Gasteiger charge is -2.10. The maximum absolute atomic E-state index is 12.4. The first-order valence-corrected chi connectivity index (χ1v) is 8.33. The molecule has 0 amide bonds. The van der Waals surface area contributed by atoms with Gasteiger partial charge in [-0.1, -0.05) is 29.3 Å². The summed E-state index contributed by atoms with van der Waals surface area (Å²) in [6, 6.07) is 10.7. The molecule has 0 aromatic heterocycles. The van der Waals surface area contributed by atoms with Gasteiger partial charge in [0.1, 0.15) is 0 Å². The molecule has 2 nitrogen and oxygen atoms in total. The van der Waals surface area contributed by atoms with E-state index in [1.807, 2.05) is 32.9 Å². The summed E-state index contributed by atoms with van der Waals surface area (Å²) in [5.41, 5.74) is 3.68. The second-order valence-electron chi connectivity index (χ2n) is 5.14. The Kier molecular flexibility index (Phi) is 4.96. The van der Waals surface area contributed by atoms with E-state index >= 15 is 0 Å². The van der Waals surface area contributed by atoms with E-state index in [1.165, 1.54) is 0 Å². The van der Waals surface area contributed by atoms with Gasteiger partial charge in [-0.15, -0.1) is 0 Å². The summed E-state index contributed by atoms with van der Waals surface area (Å²) in [7, 11) is -1.35. The van der Waals surface area contributed by atoms with Crippen LogP contribution in [0.5, 0.6) is 0 Å². The van der Waals surface area contributed by atoms with E-state index < -0.39 is 10.8 Å². The second-order valence-corrected chi connectivity index (χ2v) is 7.03. The van der Waals surface area contributed by atoms with Crippen LogP contribution in [0.3, 0.4) is 0 Å². The lowest BCUT2D eigenvalue weighted by molar-refractivity contribution is 0.102. The first-order valence-electron chi connectivity index (χ1n) is 6.63. The highest BCUT2D eigenvalue weighted by molar-refractivity contribution is 7.85. The Balaban J connectivity index is 2.22. The zero-order chi connectivity index (χ0) is 15.6. The molecule has 0 spiro atoms. The third kappa shape index (κ3) is 3.80. The summed E-state index contributed by atoms with van der Waals surface area (Å²) < 4.78 is 12.3. The van der Waals surface area contributed by atoms with Crippen LogP contribution in [0.25, 0.3) is 0 Å². The number of carbonyl (C=O) groups is 1. The number of aryl methyl sites for hydroxylation is 3. The van der Waals surface area contributed by atoms with Crippen LogP contribution in [0.4, 0.5) is 0 Å². The molecule has 0 fully saturated rings. The minimum absolute atomic E-state index is 0.00757. The maximum atomic E-state index is 12.4. The van der Waals surface area contributed by atoms with Gasteiger partial charge < -0.3 is 0 Å². The molecular weight excluding hydrogens is 304 g/mol. The van der Waals surface area contributed by atoms with Gasteiger partial charge in [-0.3, -0.25) is 9.00 Å². The van der Waals surface area contributed by atoms with Crippen molar-refractivity contribution in [3.8, 4) is 0 Å². The number of hydrogen-bond donors (Lipinski definition) is 0. The Morgan fingerprint density at radius 3 is 2.10 bits per heavy atom. The zero-order valence-electron chi connectivity index (χ0n) is 12.3. The highest BCUT2D eigenvalue weighted by Crippen LogP contribution is 2.19. The molecular formula is C17H17ClO2S. The average molecular weight is 321 g/mol. The first-order chi connectivity index (χ1) is 9.88. The predicted molar refractivity (Wildman–Crippen MR) is 87.7 cm³/mol. The van der Waals surface area contributed by atoms with Crippen molar-refractivity contribution in [1.82, 2.24) is 0 Å². The number of benzene rings is 2. The van der Waals surface area contributed by atoms with Gasteiger partial charge in [-0.25, -0.2) is 0 Å². The molecule has 0 bridgehead atoms. The van der Waals surface area contributed by atoms with Gasteiger partial charge in [0.15, 0.2) is 5.78 Å². The molecule has 0 aliphatic rings. The SMILES string of the molecule is Cc1cc(C)c(C(=O)CS(=O)c2ccc(Cl)cc2)c(C)c1. The van der Waals surface area contributed by atoms with E-state index in [0.29, 0.717) is 15.5 Å². The Morgan fingerprint density at radius 1 is 1.05 bits per heavy atom. The molecule has 0 radical (unpaired) electrons. The first kappa shape index (κ1) is 15.9. The van der Waals surface area contributed by atoms with Crippen molar-refractivity contribution >= 4 is 28.2 Å². The van der Waals surface area contributed by atoms with E-state index in [0.717, 1.165) is 16.7 Å².